The average Bonchev–Trinajstić information content (AvgIpc) is 2.59. The second kappa shape index (κ2) is 5.40. The highest BCUT2D eigenvalue weighted by molar-refractivity contribution is 6.52. The van der Waals surface area contributed by atoms with E-state index in [1.165, 1.54) is 11.0 Å². The van der Waals surface area contributed by atoms with Crippen LogP contribution in [0.4, 0.5) is 10.1 Å². The molecule has 1 aromatic rings. The van der Waals surface area contributed by atoms with E-state index in [1.807, 2.05) is 0 Å². The number of aliphatic carboxylic acids is 1. The van der Waals surface area contributed by atoms with Crippen LogP contribution in [-0.4, -0.2) is 29.3 Å². The van der Waals surface area contributed by atoms with Crippen molar-refractivity contribution in [3.05, 3.63) is 29.1 Å². The lowest BCUT2D eigenvalue weighted by Crippen LogP contribution is -2.31. The molecule has 0 saturated carbocycles. The normalized spacial score (nSPS) is 13.8. The van der Waals surface area contributed by atoms with Gasteiger partial charge in [0.05, 0.1) is 11.3 Å². The predicted molar refractivity (Wildman–Crippen MR) is 69.3 cm³/mol. The maximum absolute atomic E-state index is 13.3. The van der Waals surface area contributed by atoms with E-state index < -0.39 is 23.5 Å². The molecule has 106 valence electrons. The molecule has 20 heavy (non-hydrogen) atoms. The first-order chi connectivity index (χ1) is 9.41. The van der Waals surface area contributed by atoms with Crippen LogP contribution >= 0.6 is 0 Å². The standard InChI is InChI=1S/C14H14FNO4/c1-8-6-9(15)7-10-12(8)16(14(20)13(10)19)5-3-2-4-11(17)18/h6-7H,2-5H2,1H3,(H,17,18). The van der Waals surface area contributed by atoms with Crippen LogP contribution in [0.1, 0.15) is 35.2 Å². The Labute approximate surface area is 115 Å². The van der Waals surface area contributed by atoms with Crippen molar-refractivity contribution in [2.24, 2.45) is 0 Å². The number of carbonyl (C=O) groups excluding carboxylic acids is 2. The van der Waals surface area contributed by atoms with Crippen LogP contribution in [0.15, 0.2) is 12.1 Å². The number of ketones is 1. The van der Waals surface area contributed by atoms with Crippen LogP contribution in [0.2, 0.25) is 0 Å². The van der Waals surface area contributed by atoms with Gasteiger partial charge in [0.15, 0.2) is 0 Å². The first-order valence-electron chi connectivity index (χ1n) is 6.30. The molecule has 1 amide bonds. The fourth-order valence-electron chi connectivity index (χ4n) is 2.37. The molecule has 0 fully saturated rings. The van der Waals surface area contributed by atoms with Gasteiger partial charge < -0.3 is 10.0 Å². The molecular weight excluding hydrogens is 265 g/mol. The zero-order chi connectivity index (χ0) is 14.9. The molecule has 1 aliphatic heterocycles. The highest BCUT2D eigenvalue weighted by Gasteiger charge is 2.36. The number of fused-ring (bicyclic) bond motifs is 1. The summed E-state index contributed by atoms with van der Waals surface area (Å²) in [5.74, 6) is -2.83. The largest absolute Gasteiger partial charge is 0.481 e. The molecule has 0 atom stereocenters. The molecule has 0 spiro atoms. The number of Topliss-reactive ketones (excluding diaryl/α,β-unsaturated/α-hetero) is 1. The van der Waals surface area contributed by atoms with Gasteiger partial charge >= 0.3 is 5.97 Å². The lowest BCUT2D eigenvalue weighted by Gasteiger charge is -2.18. The average molecular weight is 279 g/mol. The van der Waals surface area contributed by atoms with Gasteiger partial charge in [-0.25, -0.2) is 4.39 Å². The lowest BCUT2D eigenvalue weighted by molar-refractivity contribution is -0.137. The number of rotatable bonds is 5. The molecule has 1 aromatic carbocycles. The Hall–Kier alpha value is -2.24. The van der Waals surface area contributed by atoms with Crippen LogP contribution in [0, 0.1) is 12.7 Å². The summed E-state index contributed by atoms with van der Waals surface area (Å²) in [7, 11) is 0. The molecule has 5 nitrogen and oxygen atoms in total. The van der Waals surface area contributed by atoms with Crippen molar-refractivity contribution in [2.75, 3.05) is 11.4 Å². The summed E-state index contributed by atoms with van der Waals surface area (Å²) in [5, 5.41) is 8.56. The minimum absolute atomic E-state index is 0.0191. The highest BCUT2D eigenvalue weighted by atomic mass is 19.1. The second-order valence-corrected chi connectivity index (χ2v) is 4.76. The van der Waals surface area contributed by atoms with Gasteiger partial charge in [-0.1, -0.05) is 0 Å². The summed E-state index contributed by atoms with van der Waals surface area (Å²) >= 11 is 0. The number of carbonyl (C=O) groups is 3. The maximum Gasteiger partial charge on any atom is 0.303 e. The Bertz CT molecular complexity index is 597. The number of carboxylic acids is 1. The highest BCUT2D eigenvalue weighted by Crippen LogP contribution is 2.33. The zero-order valence-electron chi connectivity index (χ0n) is 11.0. The lowest BCUT2D eigenvalue weighted by atomic mass is 10.1. The van der Waals surface area contributed by atoms with Crippen molar-refractivity contribution in [2.45, 2.75) is 26.2 Å². The second-order valence-electron chi connectivity index (χ2n) is 4.76. The summed E-state index contributed by atoms with van der Waals surface area (Å²) in [6.45, 7) is 1.90. The number of aryl methyl sites for hydroxylation is 1. The summed E-state index contributed by atoms with van der Waals surface area (Å²) < 4.78 is 13.3. The number of benzene rings is 1. The fourth-order valence-corrected chi connectivity index (χ4v) is 2.37. The Kier molecular flexibility index (Phi) is 3.83. The van der Waals surface area contributed by atoms with E-state index in [0.29, 0.717) is 24.1 Å². The Morgan fingerprint density at radius 2 is 2.00 bits per heavy atom. The number of amides is 1. The quantitative estimate of drug-likeness (QED) is 0.660. The van der Waals surface area contributed by atoms with Gasteiger partial charge in [-0.2, -0.15) is 0 Å². The summed E-state index contributed by atoms with van der Waals surface area (Å²) in [6, 6.07) is 2.34. The minimum atomic E-state index is -0.896. The number of carboxylic acid groups (broad SMARTS) is 1. The molecule has 2 rings (SSSR count). The van der Waals surface area contributed by atoms with Crippen LogP contribution < -0.4 is 4.90 Å². The third kappa shape index (κ3) is 2.54. The molecule has 0 radical (unpaired) electrons. The number of hydrogen-bond donors (Lipinski definition) is 1. The molecule has 6 heteroatoms. The van der Waals surface area contributed by atoms with Gasteiger partial charge in [0, 0.05) is 13.0 Å². The first-order valence-corrected chi connectivity index (χ1v) is 6.30. The van der Waals surface area contributed by atoms with Crippen molar-refractivity contribution in [1.82, 2.24) is 0 Å². The van der Waals surface area contributed by atoms with Gasteiger partial charge in [-0.05, 0) is 37.5 Å². The Morgan fingerprint density at radius 3 is 2.65 bits per heavy atom. The van der Waals surface area contributed by atoms with Crippen molar-refractivity contribution in [3.8, 4) is 0 Å². The predicted octanol–water partition coefficient (Wildman–Crippen LogP) is 1.92. The Balaban J connectivity index is 2.18. The van der Waals surface area contributed by atoms with Crippen LogP contribution in [-0.2, 0) is 9.59 Å². The molecule has 0 aromatic heterocycles. The molecule has 0 unspecified atom stereocenters. The van der Waals surface area contributed by atoms with Crippen molar-refractivity contribution in [1.29, 1.82) is 0 Å². The topological polar surface area (TPSA) is 74.7 Å². The van der Waals surface area contributed by atoms with E-state index >= 15 is 0 Å². The van der Waals surface area contributed by atoms with Crippen molar-refractivity contribution >= 4 is 23.3 Å². The molecule has 1 heterocycles. The molecular formula is C14H14FNO4. The third-order valence-corrected chi connectivity index (χ3v) is 3.24. The number of nitrogens with zero attached hydrogens (tertiary/aromatic N) is 1. The van der Waals surface area contributed by atoms with E-state index in [2.05, 4.69) is 0 Å². The van der Waals surface area contributed by atoms with Gasteiger partial charge in [0.25, 0.3) is 11.7 Å². The van der Waals surface area contributed by atoms with Gasteiger partial charge in [-0.3, -0.25) is 14.4 Å². The fraction of sp³-hybridized carbons (Fsp3) is 0.357. The SMILES string of the molecule is Cc1cc(F)cc2c1N(CCCCC(=O)O)C(=O)C2=O. The van der Waals surface area contributed by atoms with E-state index in [1.54, 1.807) is 6.92 Å². The van der Waals surface area contributed by atoms with E-state index in [0.717, 1.165) is 6.07 Å². The van der Waals surface area contributed by atoms with Crippen molar-refractivity contribution in [3.63, 3.8) is 0 Å². The van der Waals surface area contributed by atoms with E-state index in [9.17, 15) is 18.8 Å². The summed E-state index contributed by atoms with van der Waals surface area (Å²) in [6.07, 6.45) is 0.912. The molecule has 1 aliphatic rings. The third-order valence-electron chi connectivity index (χ3n) is 3.24. The monoisotopic (exact) mass is 279 g/mol. The first kappa shape index (κ1) is 14.2. The molecule has 0 bridgehead atoms. The smallest absolute Gasteiger partial charge is 0.303 e. The van der Waals surface area contributed by atoms with E-state index in [-0.39, 0.29) is 18.5 Å². The number of hydrogen-bond acceptors (Lipinski definition) is 3. The summed E-state index contributed by atoms with van der Waals surface area (Å²) in [4.78, 5) is 35.4. The van der Waals surface area contributed by atoms with E-state index in [4.69, 9.17) is 5.11 Å². The van der Waals surface area contributed by atoms with Crippen molar-refractivity contribution < 1.29 is 23.9 Å². The van der Waals surface area contributed by atoms with Gasteiger partial charge in [0.2, 0.25) is 0 Å². The zero-order valence-corrected chi connectivity index (χ0v) is 11.0. The Morgan fingerprint density at radius 1 is 1.30 bits per heavy atom. The number of anilines is 1. The van der Waals surface area contributed by atoms with Crippen LogP contribution in [0.25, 0.3) is 0 Å². The molecule has 1 N–H and O–H groups in total. The van der Waals surface area contributed by atoms with Crippen LogP contribution in [0.3, 0.4) is 0 Å². The number of unbranched alkanes of at least 4 members (excludes halogenated alkanes) is 1. The van der Waals surface area contributed by atoms with Gasteiger partial charge in [0.1, 0.15) is 5.82 Å². The number of halogens is 1. The molecule has 0 saturated heterocycles. The molecule has 0 aliphatic carbocycles. The van der Waals surface area contributed by atoms with Gasteiger partial charge in [-0.15, -0.1) is 0 Å². The minimum Gasteiger partial charge on any atom is -0.481 e. The maximum atomic E-state index is 13.3. The van der Waals surface area contributed by atoms with Crippen LogP contribution in [0.5, 0.6) is 0 Å². The summed E-state index contributed by atoms with van der Waals surface area (Å²) in [5.41, 5.74) is 1.06.